The molecule has 1 N–H and O–H groups in total. The number of para-hydroxylation sites is 1. The van der Waals surface area contributed by atoms with E-state index in [1.807, 2.05) is 11.3 Å². The Bertz CT molecular complexity index is 526. The van der Waals surface area contributed by atoms with Gasteiger partial charge in [0.2, 0.25) is 0 Å². The highest BCUT2D eigenvalue weighted by molar-refractivity contribution is 7.18. The van der Waals surface area contributed by atoms with Gasteiger partial charge in [0.05, 0.1) is 15.2 Å². The number of benzene rings is 1. The average molecular weight is 274 g/mol. The second kappa shape index (κ2) is 5.22. The molecule has 1 fully saturated rings. The van der Waals surface area contributed by atoms with Crippen LogP contribution in [0, 0.1) is 11.3 Å². The number of nitrogens with zero attached hydrogens (tertiary/aromatic N) is 1. The van der Waals surface area contributed by atoms with Crippen molar-refractivity contribution in [3.8, 4) is 0 Å². The van der Waals surface area contributed by atoms with E-state index >= 15 is 0 Å². The molecule has 1 aliphatic carbocycles. The Labute approximate surface area is 119 Å². The van der Waals surface area contributed by atoms with Crippen molar-refractivity contribution < 1.29 is 0 Å². The molecular formula is C16H22N2S. The minimum absolute atomic E-state index is 0.379. The number of aromatic nitrogens is 1. The summed E-state index contributed by atoms with van der Waals surface area (Å²) in [5, 5.41) is 4.84. The lowest BCUT2D eigenvalue weighted by Gasteiger charge is -2.29. The van der Waals surface area contributed by atoms with E-state index in [0.29, 0.717) is 5.41 Å². The SMILES string of the molecule is CCNCC(C)(Cc1nc2ccccc2s1)C1CC1. The molecule has 2 nitrogen and oxygen atoms in total. The molecule has 1 aliphatic rings. The van der Waals surface area contributed by atoms with E-state index in [-0.39, 0.29) is 0 Å². The van der Waals surface area contributed by atoms with E-state index in [9.17, 15) is 0 Å². The number of hydrogen-bond donors (Lipinski definition) is 1. The third kappa shape index (κ3) is 2.82. The van der Waals surface area contributed by atoms with Crippen LogP contribution in [0.1, 0.15) is 31.7 Å². The summed E-state index contributed by atoms with van der Waals surface area (Å²) in [6, 6.07) is 8.47. The zero-order valence-electron chi connectivity index (χ0n) is 11.8. The van der Waals surface area contributed by atoms with Crippen LogP contribution in [-0.2, 0) is 6.42 Å². The maximum atomic E-state index is 4.81. The Morgan fingerprint density at radius 1 is 1.37 bits per heavy atom. The lowest BCUT2D eigenvalue weighted by molar-refractivity contribution is 0.258. The van der Waals surface area contributed by atoms with Crippen LogP contribution in [0.2, 0.25) is 0 Å². The molecule has 102 valence electrons. The van der Waals surface area contributed by atoms with Crippen molar-refractivity contribution in [3.63, 3.8) is 0 Å². The molecule has 1 saturated carbocycles. The highest BCUT2D eigenvalue weighted by atomic mass is 32.1. The average Bonchev–Trinajstić information content (AvgIpc) is 3.18. The summed E-state index contributed by atoms with van der Waals surface area (Å²) in [4.78, 5) is 4.81. The number of hydrogen-bond acceptors (Lipinski definition) is 3. The van der Waals surface area contributed by atoms with E-state index < -0.39 is 0 Å². The van der Waals surface area contributed by atoms with Gasteiger partial charge in [-0.2, -0.15) is 0 Å². The van der Waals surface area contributed by atoms with E-state index in [0.717, 1.165) is 30.9 Å². The molecule has 1 heterocycles. The van der Waals surface area contributed by atoms with Gasteiger partial charge in [-0.1, -0.05) is 26.0 Å². The monoisotopic (exact) mass is 274 g/mol. The first-order chi connectivity index (χ1) is 9.21. The molecule has 0 radical (unpaired) electrons. The Balaban J connectivity index is 1.80. The van der Waals surface area contributed by atoms with Gasteiger partial charge in [-0.15, -0.1) is 11.3 Å². The van der Waals surface area contributed by atoms with Gasteiger partial charge in [-0.3, -0.25) is 0 Å². The predicted octanol–water partition coefficient (Wildman–Crippen LogP) is 3.86. The van der Waals surface area contributed by atoms with Crippen molar-refractivity contribution >= 4 is 21.6 Å². The Morgan fingerprint density at radius 3 is 2.84 bits per heavy atom. The summed E-state index contributed by atoms with van der Waals surface area (Å²) in [5.41, 5.74) is 1.54. The summed E-state index contributed by atoms with van der Waals surface area (Å²) in [6.45, 7) is 6.79. The predicted molar refractivity (Wildman–Crippen MR) is 82.7 cm³/mol. The molecule has 3 heteroatoms. The highest BCUT2D eigenvalue weighted by Crippen LogP contribution is 2.47. The summed E-state index contributed by atoms with van der Waals surface area (Å²) in [7, 11) is 0. The largest absolute Gasteiger partial charge is 0.316 e. The molecule has 1 aromatic carbocycles. The quantitative estimate of drug-likeness (QED) is 0.865. The second-order valence-corrected chi connectivity index (χ2v) is 7.08. The lowest BCUT2D eigenvalue weighted by atomic mass is 9.81. The second-order valence-electron chi connectivity index (χ2n) is 5.96. The molecular weight excluding hydrogens is 252 g/mol. The standard InChI is InChI=1S/C16H22N2S/c1-3-17-11-16(2,12-8-9-12)10-15-18-13-6-4-5-7-14(13)19-15/h4-7,12,17H,3,8-11H2,1-2H3. The van der Waals surface area contributed by atoms with Crippen LogP contribution in [0.5, 0.6) is 0 Å². The summed E-state index contributed by atoms with van der Waals surface area (Å²) in [6.07, 6.45) is 3.91. The Morgan fingerprint density at radius 2 is 2.16 bits per heavy atom. The number of nitrogens with one attached hydrogen (secondary N) is 1. The molecule has 0 aliphatic heterocycles. The Kier molecular flexibility index (Phi) is 3.59. The van der Waals surface area contributed by atoms with Crippen molar-refractivity contribution in [3.05, 3.63) is 29.3 Å². The van der Waals surface area contributed by atoms with Crippen LogP contribution in [-0.4, -0.2) is 18.1 Å². The van der Waals surface area contributed by atoms with Crippen LogP contribution in [0.15, 0.2) is 24.3 Å². The molecule has 1 unspecified atom stereocenters. The fraction of sp³-hybridized carbons (Fsp3) is 0.562. The molecule has 3 rings (SSSR count). The van der Waals surface area contributed by atoms with Crippen LogP contribution < -0.4 is 5.32 Å². The molecule has 2 aromatic rings. The molecule has 19 heavy (non-hydrogen) atoms. The van der Waals surface area contributed by atoms with Gasteiger partial charge in [-0.25, -0.2) is 4.98 Å². The van der Waals surface area contributed by atoms with Crippen molar-refractivity contribution in [2.24, 2.45) is 11.3 Å². The summed E-state index contributed by atoms with van der Waals surface area (Å²) < 4.78 is 1.32. The van der Waals surface area contributed by atoms with E-state index in [2.05, 4.69) is 43.4 Å². The van der Waals surface area contributed by atoms with Gasteiger partial charge in [0.1, 0.15) is 0 Å². The minimum atomic E-state index is 0.379. The zero-order valence-corrected chi connectivity index (χ0v) is 12.6. The molecule has 1 aromatic heterocycles. The van der Waals surface area contributed by atoms with Crippen molar-refractivity contribution in [1.82, 2.24) is 10.3 Å². The molecule has 1 atom stereocenters. The highest BCUT2D eigenvalue weighted by Gasteiger charge is 2.41. The molecule has 0 saturated heterocycles. The molecule has 0 spiro atoms. The summed E-state index contributed by atoms with van der Waals surface area (Å²) >= 11 is 1.86. The third-order valence-electron chi connectivity index (χ3n) is 4.24. The number of fused-ring (bicyclic) bond motifs is 1. The topological polar surface area (TPSA) is 24.9 Å². The smallest absolute Gasteiger partial charge is 0.0944 e. The van der Waals surface area contributed by atoms with Crippen molar-refractivity contribution in [2.75, 3.05) is 13.1 Å². The fourth-order valence-corrected chi connectivity index (χ4v) is 4.05. The molecule has 0 bridgehead atoms. The van der Waals surface area contributed by atoms with Crippen LogP contribution in [0.25, 0.3) is 10.2 Å². The van der Waals surface area contributed by atoms with Gasteiger partial charge in [0, 0.05) is 13.0 Å². The zero-order chi connectivity index (χ0) is 13.3. The van der Waals surface area contributed by atoms with Crippen molar-refractivity contribution in [1.29, 1.82) is 0 Å². The third-order valence-corrected chi connectivity index (χ3v) is 5.27. The maximum absolute atomic E-state index is 4.81. The van der Waals surface area contributed by atoms with E-state index in [1.54, 1.807) is 0 Å². The van der Waals surface area contributed by atoms with Crippen LogP contribution in [0.3, 0.4) is 0 Å². The van der Waals surface area contributed by atoms with E-state index in [4.69, 9.17) is 4.98 Å². The molecule has 0 amide bonds. The minimum Gasteiger partial charge on any atom is -0.316 e. The number of rotatable bonds is 6. The van der Waals surface area contributed by atoms with Gasteiger partial charge in [0.15, 0.2) is 0 Å². The van der Waals surface area contributed by atoms with Gasteiger partial charge < -0.3 is 5.32 Å². The van der Waals surface area contributed by atoms with E-state index in [1.165, 1.54) is 22.5 Å². The van der Waals surface area contributed by atoms with Gasteiger partial charge in [-0.05, 0) is 42.9 Å². The van der Waals surface area contributed by atoms with Gasteiger partial charge in [0.25, 0.3) is 0 Å². The summed E-state index contributed by atoms with van der Waals surface area (Å²) in [5.74, 6) is 0.888. The van der Waals surface area contributed by atoms with Crippen LogP contribution >= 0.6 is 11.3 Å². The first kappa shape index (κ1) is 13.1. The normalized spacial score (nSPS) is 18.6. The first-order valence-electron chi connectivity index (χ1n) is 7.26. The van der Waals surface area contributed by atoms with Gasteiger partial charge >= 0.3 is 0 Å². The van der Waals surface area contributed by atoms with Crippen molar-refractivity contribution in [2.45, 2.75) is 33.1 Å². The fourth-order valence-electron chi connectivity index (χ4n) is 2.88. The number of thiazole rings is 1. The van der Waals surface area contributed by atoms with Crippen LogP contribution in [0.4, 0.5) is 0 Å². The lowest BCUT2D eigenvalue weighted by Crippen LogP contribution is -2.35. The Hall–Kier alpha value is -0.930. The first-order valence-corrected chi connectivity index (χ1v) is 8.08. The maximum Gasteiger partial charge on any atom is 0.0944 e.